The zero-order valence-electron chi connectivity index (χ0n) is 13.5. The molecule has 3 rings (SSSR count). The molecule has 6 nitrogen and oxygen atoms in total. The summed E-state index contributed by atoms with van der Waals surface area (Å²) in [4.78, 5) is 41.9. The fourth-order valence-electron chi connectivity index (χ4n) is 2.63. The highest BCUT2D eigenvalue weighted by atomic mass is 35.5. The van der Waals surface area contributed by atoms with Gasteiger partial charge in [-0.15, -0.1) is 11.3 Å². The van der Waals surface area contributed by atoms with Crippen LogP contribution < -0.4 is 5.32 Å². The van der Waals surface area contributed by atoms with E-state index in [2.05, 4.69) is 10.3 Å². The van der Waals surface area contributed by atoms with Crippen LogP contribution in [-0.4, -0.2) is 33.6 Å². The van der Waals surface area contributed by atoms with Gasteiger partial charge in [0.1, 0.15) is 6.04 Å². The van der Waals surface area contributed by atoms with Crippen LogP contribution in [0.2, 0.25) is 5.02 Å². The molecule has 2 heterocycles. The molecule has 1 aromatic heterocycles. The summed E-state index contributed by atoms with van der Waals surface area (Å²) in [7, 11) is 0. The molecule has 3 amide bonds. The second-order valence-corrected chi connectivity index (χ2v) is 7.25. The molecule has 130 valence electrons. The number of halogens is 1. The highest BCUT2D eigenvalue weighted by molar-refractivity contribution is 7.15. The number of nitrogens with one attached hydrogen (secondary N) is 1. The largest absolute Gasteiger partial charge is 0.300 e. The van der Waals surface area contributed by atoms with Crippen LogP contribution in [0.1, 0.15) is 30.2 Å². The standard InChI is InChI=1S/C17H16ClN3O3S/c1-10(21-14(22)6-7-15(21)23)16(24)20-17-19-9-12(25-17)8-11-4-2-3-5-13(11)18/h2-5,9-10H,6-8H2,1H3,(H,19,20,24)/t10-/m0/s1. The third kappa shape index (κ3) is 3.88. The Hall–Kier alpha value is -2.25. The molecule has 25 heavy (non-hydrogen) atoms. The van der Waals surface area contributed by atoms with Gasteiger partial charge in [-0.1, -0.05) is 29.8 Å². The van der Waals surface area contributed by atoms with Crippen molar-refractivity contribution in [3.63, 3.8) is 0 Å². The average Bonchev–Trinajstić information content (AvgIpc) is 3.15. The average molecular weight is 378 g/mol. The van der Waals surface area contributed by atoms with Crippen molar-refractivity contribution >= 4 is 45.8 Å². The van der Waals surface area contributed by atoms with Crippen LogP contribution in [0.15, 0.2) is 30.5 Å². The second-order valence-electron chi connectivity index (χ2n) is 5.72. The molecule has 1 aliphatic rings. The minimum atomic E-state index is -0.849. The molecule has 1 fully saturated rings. The van der Waals surface area contributed by atoms with E-state index in [1.807, 2.05) is 24.3 Å². The van der Waals surface area contributed by atoms with Crippen molar-refractivity contribution in [1.29, 1.82) is 0 Å². The molecule has 0 unspecified atom stereocenters. The van der Waals surface area contributed by atoms with Gasteiger partial charge >= 0.3 is 0 Å². The number of likely N-dealkylation sites (tertiary alicyclic amines) is 1. The summed E-state index contributed by atoms with van der Waals surface area (Å²) < 4.78 is 0. The third-order valence-electron chi connectivity index (χ3n) is 3.96. The van der Waals surface area contributed by atoms with E-state index in [9.17, 15) is 14.4 Å². The molecular weight excluding hydrogens is 362 g/mol. The number of hydrogen-bond donors (Lipinski definition) is 1. The molecule has 1 saturated heterocycles. The fraction of sp³-hybridized carbons (Fsp3) is 0.294. The lowest BCUT2D eigenvalue weighted by molar-refractivity contribution is -0.144. The maximum atomic E-state index is 12.3. The number of nitrogens with zero attached hydrogens (tertiary/aromatic N) is 2. The summed E-state index contributed by atoms with van der Waals surface area (Å²) in [5.41, 5.74) is 0.979. The van der Waals surface area contributed by atoms with Crippen molar-refractivity contribution in [3.8, 4) is 0 Å². The van der Waals surface area contributed by atoms with Gasteiger partial charge in [-0.05, 0) is 18.6 Å². The van der Waals surface area contributed by atoms with Gasteiger partial charge in [0, 0.05) is 35.4 Å². The van der Waals surface area contributed by atoms with Crippen molar-refractivity contribution in [2.45, 2.75) is 32.2 Å². The first-order chi connectivity index (χ1) is 12.0. The lowest BCUT2D eigenvalue weighted by atomic mass is 10.1. The van der Waals surface area contributed by atoms with Crippen molar-refractivity contribution in [3.05, 3.63) is 45.9 Å². The topological polar surface area (TPSA) is 79.4 Å². The highest BCUT2D eigenvalue weighted by Crippen LogP contribution is 2.25. The molecule has 1 aliphatic heterocycles. The Morgan fingerprint density at radius 3 is 2.68 bits per heavy atom. The van der Waals surface area contributed by atoms with Gasteiger partial charge in [0.25, 0.3) is 0 Å². The van der Waals surface area contributed by atoms with Crippen LogP contribution in [0.5, 0.6) is 0 Å². The number of anilines is 1. The number of aromatic nitrogens is 1. The lowest BCUT2D eigenvalue weighted by Crippen LogP contribution is -2.44. The van der Waals surface area contributed by atoms with E-state index in [4.69, 9.17) is 11.6 Å². The smallest absolute Gasteiger partial charge is 0.249 e. The van der Waals surface area contributed by atoms with Crippen molar-refractivity contribution < 1.29 is 14.4 Å². The minimum absolute atomic E-state index is 0.162. The van der Waals surface area contributed by atoms with E-state index in [0.29, 0.717) is 16.6 Å². The summed E-state index contributed by atoms with van der Waals surface area (Å²) in [5.74, 6) is -1.06. The van der Waals surface area contributed by atoms with E-state index in [0.717, 1.165) is 15.3 Å². The Balaban J connectivity index is 1.65. The van der Waals surface area contributed by atoms with Crippen LogP contribution >= 0.6 is 22.9 Å². The number of amides is 3. The minimum Gasteiger partial charge on any atom is -0.300 e. The third-order valence-corrected chi connectivity index (χ3v) is 5.24. The SMILES string of the molecule is C[C@@H](C(=O)Nc1ncc(Cc2ccccc2Cl)s1)N1C(=O)CCC1=O. The predicted octanol–water partition coefficient (Wildman–Crippen LogP) is 2.86. The Morgan fingerprint density at radius 1 is 1.32 bits per heavy atom. The molecule has 0 radical (unpaired) electrons. The fourth-order valence-corrected chi connectivity index (χ4v) is 3.67. The summed E-state index contributed by atoms with van der Waals surface area (Å²) >= 11 is 7.49. The Labute approximate surface area is 153 Å². The van der Waals surface area contributed by atoms with Gasteiger partial charge in [0.15, 0.2) is 5.13 Å². The molecule has 2 aromatic rings. The van der Waals surface area contributed by atoms with E-state index in [-0.39, 0.29) is 24.7 Å². The maximum absolute atomic E-state index is 12.3. The first kappa shape index (κ1) is 17.6. The highest BCUT2D eigenvalue weighted by Gasteiger charge is 2.36. The molecule has 0 bridgehead atoms. The molecule has 1 aromatic carbocycles. The Bertz CT molecular complexity index is 820. The van der Waals surface area contributed by atoms with Gasteiger partial charge in [-0.25, -0.2) is 4.98 Å². The van der Waals surface area contributed by atoms with Crippen LogP contribution in [-0.2, 0) is 20.8 Å². The summed E-state index contributed by atoms with van der Waals surface area (Å²) in [6.45, 7) is 1.54. The summed E-state index contributed by atoms with van der Waals surface area (Å²) in [6.07, 6.45) is 2.62. The second kappa shape index (κ2) is 7.33. The van der Waals surface area contributed by atoms with Crippen LogP contribution in [0.4, 0.5) is 5.13 Å². The quantitative estimate of drug-likeness (QED) is 0.812. The first-order valence-electron chi connectivity index (χ1n) is 7.79. The van der Waals surface area contributed by atoms with E-state index < -0.39 is 11.9 Å². The van der Waals surface area contributed by atoms with Gasteiger partial charge < -0.3 is 5.32 Å². The Morgan fingerprint density at radius 2 is 2.00 bits per heavy atom. The van der Waals surface area contributed by atoms with E-state index in [1.54, 1.807) is 6.20 Å². The molecule has 0 saturated carbocycles. The Kier molecular flexibility index (Phi) is 5.15. The number of benzene rings is 1. The van der Waals surface area contributed by atoms with Crippen molar-refractivity contribution in [1.82, 2.24) is 9.88 Å². The summed E-state index contributed by atoms with van der Waals surface area (Å²) in [5, 5.41) is 3.78. The molecule has 8 heteroatoms. The van der Waals surface area contributed by atoms with Gasteiger partial charge in [0.05, 0.1) is 0 Å². The van der Waals surface area contributed by atoms with Gasteiger partial charge in [-0.2, -0.15) is 0 Å². The number of carbonyl (C=O) groups excluding carboxylic acids is 3. The zero-order chi connectivity index (χ0) is 18.0. The molecule has 0 spiro atoms. The first-order valence-corrected chi connectivity index (χ1v) is 8.99. The summed E-state index contributed by atoms with van der Waals surface area (Å²) in [6, 6.07) is 6.70. The van der Waals surface area contributed by atoms with Gasteiger partial charge in [0.2, 0.25) is 17.7 Å². The van der Waals surface area contributed by atoms with Crippen LogP contribution in [0.25, 0.3) is 0 Å². The molecule has 1 atom stereocenters. The van der Waals surface area contributed by atoms with Crippen LogP contribution in [0, 0.1) is 0 Å². The van der Waals surface area contributed by atoms with Crippen molar-refractivity contribution in [2.75, 3.05) is 5.32 Å². The number of hydrogen-bond acceptors (Lipinski definition) is 5. The van der Waals surface area contributed by atoms with Gasteiger partial charge in [-0.3, -0.25) is 19.3 Å². The zero-order valence-corrected chi connectivity index (χ0v) is 15.1. The normalized spacial score (nSPS) is 15.5. The maximum Gasteiger partial charge on any atom is 0.249 e. The molecular formula is C17H16ClN3O3S. The number of carbonyl (C=O) groups is 3. The molecule has 1 N–H and O–H groups in total. The van der Waals surface area contributed by atoms with E-state index in [1.165, 1.54) is 18.3 Å². The molecule has 0 aliphatic carbocycles. The van der Waals surface area contributed by atoms with Crippen LogP contribution in [0.3, 0.4) is 0 Å². The van der Waals surface area contributed by atoms with Crippen molar-refractivity contribution in [2.24, 2.45) is 0 Å². The predicted molar refractivity (Wildman–Crippen MR) is 95.6 cm³/mol. The number of thiazole rings is 1. The monoisotopic (exact) mass is 377 g/mol. The number of imide groups is 1. The van der Waals surface area contributed by atoms with E-state index >= 15 is 0 Å². The number of rotatable bonds is 5. The lowest BCUT2D eigenvalue weighted by Gasteiger charge is -2.20.